The Bertz CT molecular complexity index is 581. The van der Waals surface area contributed by atoms with Crippen LogP contribution in [0.25, 0.3) is 0 Å². The number of benzene rings is 2. The molecule has 2 aromatic rings. The number of thioether (sulfide) groups is 1. The summed E-state index contributed by atoms with van der Waals surface area (Å²) in [7, 11) is 1.63. The maximum absolute atomic E-state index is 5.91. The molecule has 2 N–H and O–H groups in total. The number of hydrogen-bond acceptors (Lipinski definition) is 3. The lowest BCUT2D eigenvalue weighted by Crippen LogP contribution is -1.93. The van der Waals surface area contributed by atoms with Gasteiger partial charge >= 0.3 is 0 Å². The molecule has 0 aliphatic rings. The summed E-state index contributed by atoms with van der Waals surface area (Å²) >= 11 is 1.82. The summed E-state index contributed by atoms with van der Waals surface area (Å²) in [5.74, 6) is 1.65. The molecule has 2 rings (SSSR count). The fourth-order valence-corrected chi connectivity index (χ4v) is 2.78. The second-order valence-electron chi connectivity index (χ2n) is 4.61. The second kappa shape index (κ2) is 6.02. The molecule has 19 heavy (non-hydrogen) atoms. The lowest BCUT2D eigenvalue weighted by Gasteiger charge is -2.08. The minimum atomic E-state index is 0.695. The van der Waals surface area contributed by atoms with Crippen LogP contribution in [0.3, 0.4) is 0 Å². The van der Waals surface area contributed by atoms with Gasteiger partial charge in [0.05, 0.1) is 12.8 Å². The summed E-state index contributed by atoms with van der Waals surface area (Å²) in [5.41, 5.74) is 10.5. The molecular formula is C16H19NOS. The highest BCUT2D eigenvalue weighted by atomic mass is 32.2. The van der Waals surface area contributed by atoms with Gasteiger partial charge in [0.2, 0.25) is 0 Å². The van der Waals surface area contributed by atoms with Gasteiger partial charge in [-0.3, -0.25) is 0 Å². The van der Waals surface area contributed by atoms with E-state index in [1.165, 1.54) is 21.6 Å². The van der Waals surface area contributed by atoms with Gasteiger partial charge in [-0.25, -0.2) is 0 Å². The monoisotopic (exact) mass is 273 g/mol. The number of hydrogen-bond donors (Lipinski definition) is 1. The van der Waals surface area contributed by atoms with E-state index in [0.717, 1.165) is 11.5 Å². The number of nitrogen functional groups attached to an aromatic ring is 1. The highest BCUT2D eigenvalue weighted by Crippen LogP contribution is 2.28. The smallest absolute Gasteiger partial charge is 0.141 e. The molecule has 0 aliphatic carbocycles. The van der Waals surface area contributed by atoms with Crippen molar-refractivity contribution in [2.24, 2.45) is 0 Å². The fraction of sp³-hybridized carbons (Fsp3) is 0.250. The zero-order chi connectivity index (χ0) is 13.8. The Morgan fingerprint density at radius 3 is 2.47 bits per heavy atom. The molecule has 0 radical (unpaired) electrons. The van der Waals surface area contributed by atoms with E-state index in [-0.39, 0.29) is 0 Å². The van der Waals surface area contributed by atoms with E-state index in [4.69, 9.17) is 10.5 Å². The predicted octanol–water partition coefficient (Wildman–Crippen LogP) is 4.19. The Morgan fingerprint density at radius 2 is 1.84 bits per heavy atom. The first-order valence-electron chi connectivity index (χ1n) is 6.22. The quantitative estimate of drug-likeness (QED) is 0.670. The summed E-state index contributed by atoms with van der Waals surface area (Å²) < 4.78 is 5.16. The average Bonchev–Trinajstić information content (AvgIpc) is 2.40. The highest BCUT2D eigenvalue weighted by Gasteiger charge is 2.02. The molecule has 0 aliphatic heterocycles. The topological polar surface area (TPSA) is 35.2 Å². The molecule has 100 valence electrons. The van der Waals surface area contributed by atoms with Crippen molar-refractivity contribution in [1.82, 2.24) is 0 Å². The van der Waals surface area contributed by atoms with E-state index in [0.29, 0.717) is 5.69 Å². The maximum Gasteiger partial charge on any atom is 0.141 e. The number of aryl methyl sites for hydroxylation is 2. The number of anilines is 1. The third kappa shape index (κ3) is 3.44. The molecule has 0 atom stereocenters. The van der Waals surface area contributed by atoms with Gasteiger partial charge in [-0.15, -0.1) is 11.8 Å². The minimum absolute atomic E-state index is 0.695. The summed E-state index contributed by atoms with van der Waals surface area (Å²) in [6.45, 7) is 4.28. The molecule has 2 aromatic carbocycles. The van der Waals surface area contributed by atoms with E-state index in [1.54, 1.807) is 7.11 Å². The van der Waals surface area contributed by atoms with Crippen molar-refractivity contribution in [2.75, 3.05) is 12.8 Å². The third-order valence-corrected chi connectivity index (χ3v) is 4.24. The Balaban J connectivity index is 2.05. The molecule has 0 fully saturated rings. The van der Waals surface area contributed by atoms with Crippen LogP contribution in [0.2, 0.25) is 0 Å². The Kier molecular flexibility index (Phi) is 4.38. The summed E-state index contributed by atoms with van der Waals surface area (Å²) in [5, 5.41) is 0. The number of methoxy groups -OCH3 is 1. The maximum atomic E-state index is 5.91. The van der Waals surface area contributed by atoms with E-state index in [2.05, 4.69) is 38.1 Å². The van der Waals surface area contributed by atoms with Gasteiger partial charge in [-0.1, -0.05) is 12.1 Å². The zero-order valence-electron chi connectivity index (χ0n) is 11.6. The van der Waals surface area contributed by atoms with E-state index >= 15 is 0 Å². The Labute approximate surface area is 119 Å². The molecule has 0 heterocycles. The van der Waals surface area contributed by atoms with Gasteiger partial charge in [-0.2, -0.15) is 0 Å². The lowest BCUT2D eigenvalue weighted by molar-refractivity contribution is 0.417. The molecule has 0 aromatic heterocycles. The molecule has 2 nitrogen and oxygen atoms in total. The number of ether oxygens (including phenoxy) is 1. The predicted molar refractivity (Wildman–Crippen MR) is 82.9 cm³/mol. The molecule has 0 bridgehead atoms. The number of nitrogens with two attached hydrogens (primary N) is 1. The van der Waals surface area contributed by atoms with Crippen LogP contribution < -0.4 is 10.5 Å². The highest BCUT2D eigenvalue weighted by molar-refractivity contribution is 7.98. The first kappa shape index (κ1) is 13.8. The SMILES string of the molecule is COc1ccc(CSc2ccc(C)c(C)c2)cc1N. The largest absolute Gasteiger partial charge is 0.495 e. The fourth-order valence-electron chi connectivity index (χ4n) is 1.84. The van der Waals surface area contributed by atoms with Crippen LogP contribution in [0.15, 0.2) is 41.3 Å². The van der Waals surface area contributed by atoms with Crippen LogP contribution in [-0.2, 0) is 5.75 Å². The van der Waals surface area contributed by atoms with Gasteiger partial charge in [-0.05, 0) is 54.8 Å². The van der Waals surface area contributed by atoms with Crippen molar-refractivity contribution < 1.29 is 4.74 Å². The average molecular weight is 273 g/mol. The summed E-state index contributed by atoms with van der Waals surface area (Å²) in [4.78, 5) is 1.29. The normalized spacial score (nSPS) is 10.5. The van der Waals surface area contributed by atoms with Crippen LogP contribution in [-0.4, -0.2) is 7.11 Å². The zero-order valence-corrected chi connectivity index (χ0v) is 12.4. The molecule has 0 saturated heterocycles. The van der Waals surface area contributed by atoms with Gasteiger partial charge in [0.15, 0.2) is 0 Å². The molecule has 0 spiro atoms. The molecule has 0 amide bonds. The Morgan fingerprint density at radius 1 is 1.05 bits per heavy atom. The Hall–Kier alpha value is -1.61. The van der Waals surface area contributed by atoms with Crippen molar-refractivity contribution in [3.8, 4) is 5.75 Å². The molecule has 0 unspecified atom stereocenters. The van der Waals surface area contributed by atoms with E-state index < -0.39 is 0 Å². The van der Waals surface area contributed by atoms with Crippen molar-refractivity contribution in [3.05, 3.63) is 53.1 Å². The summed E-state index contributed by atoms with van der Waals surface area (Å²) in [6.07, 6.45) is 0. The van der Waals surface area contributed by atoms with Gasteiger partial charge < -0.3 is 10.5 Å². The van der Waals surface area contributed by atoms with Crippen LogP contribution in [0.5, 0.6) is 5.75 Å². The van der Waals surface area contributed by atoms with Gasteiger partial charge in [0.1, 0.15) is 5.75 Å². The molecular weight excluding hydrogens is 254 g/mol. The summed E-state index contributed by atoms with van der Waals surface area (Å²) in [6, 6.07) is 12.5. The van der Waals surface area contributed by atoms with Gasteiger partial charge in [0.25, 0.3) is 0 Å². The van der Waals surface area contributed by atoms with Crippen molar-refractivity contribution in [1.29, 1.82) is 0 Å². The number of rotatable bonds is 4. The van der Waals surface area contributed by atoms with E-state index in [9.17, 15) is 0 Å². The van der Waals surface area contributed by atoms with Crippen molar-refractivity contribution in [2.45, 2.75) is 24.5 Å². The van der Waals surface area contributed by atoms with Gasteiger partial charge in [0, 0.05) is 10.6 Å². The minimum Gasteiger partial charge on any atom is -0.495 e. The van der Waals surface area contributed by atoms with Crippen LogP contribution in [0.1, 0.15) is 16.7 Å². The standard InChI is InChI=1S/C16H19NOS/c1-11-4-6-14(8-12(11)2)19-10-13-5-7-16(18-3)15(17)9-13/h4-9H,10,17H2,1-3H3. The molecule has 0 saturated carbocycles. The van der Waals surface area contributed by atoms with Crippen LogP contribution in [0, 0.1) is 13.8 Å². The lowest BCUT2D eigenvalue weighted by atomic mass is 10.1. The second-order valence-corrected chi connectivity index (χ2v) is 5.66. The van der Waals surface area contributed by atoms with Crippen molar-refractivity contribution in [3.63, 3.8) is 0 Å². The van der Waals surface area contributed by atoms with Crippen LogP contribution >= 0.6 is 11.8 Å². The third-order valence-electron chi connectivity index (χ3n) is 3.18. The van der Waals surface area contributed by atoms with Crippen molar-refractivity contribution >= 4 is 17.4 Å². The molecule has 3 heteroatoms. The first-order valence-corrected chi connectivity index (χ1v) is 7.21. The van der Waals surface area contributed by atoms with E-state index in [1.807, 2.05) is 23.9 Å². The van der Waals surface area contributed by atoms with Crippen LogP contribution in [0.4, 0.5) is 5.69 Å². The first-order chi connectivity index (χ1) is 9.10.